The number of carbonyl (C=O) groups is 1. The van der Waals surface area contributed by atoms with Crippen LogP contribution < -0.4 is 0 Å². The molecule has 1 aromatic carbocycles. The predicted molar refractivity (Wildman–Crippen MR) is 71.3 cm³/mol. The summed E-state index contributed by atoms with van der Waals surface area (Å²) < 4.78 is 5.07. The normalized spacial score (nSPS) is 22.3. The van der Waals surface area contributed by atoms with E-state index in [9.17, 15) is 4.79 Å². The first kappa shape index (κ1) is 12.1. The fraction of sp³-hybridized carbons (Fsp3) is 0.214. The van der Waals surface area contributed by atoms with Crippen molar-refractivity contribution in [2.75, 3.05) is 0 Å². The van der Waals surface area contributed by atoms with Crippen molar-refractivity contribution in [1.82, 2.24) is 0 Å². The minimum Gasteiger partial charge on any atom is -0.430 e. The van der Waals surface area contributed by atoms with Crippen LogP contribution in [0.4, 0.5) is 0 Å². The molecule has 0 bridgehead atoms. The molecule has 0 amide bonds. The smallest absolute Gasteiger partial charge is 0.314 e. The highest BCUT2D eigenvalue weighted by Gasteiger charge is 2.29. The molecule has 17 heavy (non-hydrogen) atoms. The highest BCUT2D eigenvalue weighted by Crippen LogP contribution is 2.28. The number of benzene rings is 1. The van der Waals surface area contributed by atoms with Crippen LogP contribution >= 0.6 is 15.9 Å². The third kappa shape index (κ3) is 3.30. The lowest BCUT2D eigenvalue weighted by molar-refractivity contribution is -0.138. The largest absolute Gasteiger partial charge is 0.430 e. The summed E-state index contributed by atoms with van der Waals surface area (Å²) in [6, 6.07) is 10.0. The van der Waals surface area contributed by atoms with E-state index in [-0.39, 0.29) is 11.9 Å². The molecule has 1 heterocycles. The van der Waals surface area contributed by atoms with E-state index in [0.29, 0.717) is 12.2 Å². The molecule has 2 rings (SSSR count). The van der Waals surface area contributed by atoms with Gasteiger partial charge in [0, 0.05) is 11.4 Å². The Labute approximate surface area is 109 Å². The standard InChI is InChI=1S/C14H13BrO2/c15-10-13-9-12(14(16)17-13)8-4-7-11-5-2-1-3-6-11/h1-7,10,12H,8-9H2. The van der Waals surface area contributed by atoms with E-state index in [4.69, 9.17) is 4.74 Å². The van der Waals surface area contributed by atoms with Crippen LogP contribution in [-0.4, -0.2) is 5.97 Å². The second kappa shape index (κ2) is 5.82. The number of allylic oxidation sites excluding steroid dienone is 2. The van der Waals surface area contributed by atoms with Gasteiger partial charge in [0.1, 0.15) is 5.76 Å². The minimum atomic E-state index is -0.131. The van der Waals surface area contributed by atoms with Crippen molar-refractivity contribution in [2.45, 2.75) is 12.8 Å². The van der Waals surface area contributed by atoms with E-state index >= 15 is 0 Å². The summed E-state index contributed by atoms with van der Waals surface area (Å²) in [5.41, 5.74) is 1.15. The molecule has 2 nitrogen and oxygen atoms in total. The van der Waals surface area contributed by atoms with E-state index in [0.717, 1.165) is 12.0 Å². The Balaban J connectivity index is 1.91. The number of rotatable bonds is 3. The summed E-state index contributed by atoms with van der Waals surface area (Å²) in [6.07, 6.45) is 5.46. The van der Waals surface area contributed by atoms with Gasteiger partial charge in [0.05, 0.1) is 5.92 Å². The topological polar surface area (TPSA) is 26.3 Å². The number of hydrogen-bond donors (Lipinski definition) is 0. The van der Waals surface area contributed by atoms with E-state index in [1.807, 2.05) is 42.5 Å². The summed E-state index contributed by atoms with van der Waals surface area (Å²) in [5, 5.41) is 0. The minimum absolute atomic E-state index is 0.0428. The molecule has 0 aromatic heterocycles. The summed E-state index contributed by atoms with van der Waals surface area (Å²) in [4.78, 5) is 13.1. The Morgan fingerprint density at radius 3 is 2.76 bits per heavy atom. The molecule has 0 N–H and O–H groups in total. The fourth-order valence-electron chi connectivity index (χ4n) is 1.76. The van der Waals surface area contributed by atoms with Crippen LogP contribution in [0.5, 0.6) is 0 Å². The molecular formula is C14H13BrO2. The molecule has 3 heteroatoms. The van der Waals surface area contributed by atoms with Gasteiger partial charge in [0.25, 0.3) is 0 Å². The van der Waals surface area contributed by atoms with Crippen molar-refractivity contribution in [3.8, 4) is 0 Å². The highest BCUT2D eigenvalue weighted by molar-refractivity contribution is 9.11. The van der Waals surface area contributed by atoms with Gasteiger partial charge in [-0.2, -0.15) is 0 Å². The first-order valence-corrected chi connectivity index (χ1v) is 6.43. The Kier molecular flexibility index (Phi) is 4.15. The average Bonchev–Trinajstić information content (AvgIpc) is 2.72. The molecule has 1 aliphatic rings. The van der Waals surface area contributed by atoms with Crippen molar-refractivity contribution in [1.29, 1.82) is 0 Å². The van der Waals surface area contributed by atoms with E-state index in [1.54, 1.807) is 4.99 Å². The van der Waals surface area contributed by atoms with Gasteiger partial charge in [-0.1, -0.05) is 58.4 Å². The second-order valence-corrected chi connectivity index (χ2v) is 4.40. The quantitative estimate of drug-likeness (QED) is 0.790. The number of halogens is 1. The lowest BCUT2D eigenvalue weighted by Crippen LogP contribution is -2.05. The molecule has 1 unspecified atom stereocenters. The third-order valence-electron chi connectivity index (χ3n) is 2.66. The maximum absolute atomic E-state index is 11.5. The van der Waals surface area contributed by atoms with Crippen LogP contribution in [0.1, 0.15) is 18.4 Å². The maximum atomic E-state index is 11.5. The lowest BCUT2D eigenvalue weighted by atomic mass is 10.0. The van der Waals surface area contributed by atoms with Gasteiger partial charge < -0.3 is 4.74 Å². The molecule has 1 aromatic rings. The fourth-order valence-corrected chi connectivity index (χ4v) is 2.04. The Bertz CT molecular complexity index is 449. The van der Waals surface area contributed by atoms with Crippen LogP contribution in [0.25, 0.3) is 6.08 Å². The van der Waals surface area contributed by atoms with Gasteiger partial charge in [-0.3, -0.25) is 4.79 Å². The number of carbonyl (C=O) groups excluding carboxylic acids is 1. The van der Waals surface area contributed by atoms with Crippen molar-refractivity contribution in [3.05, 3.63) is 52.7 Å². The van der Waals surface area contributed by atoms with Gasteiger partial charge in [0.15, 0.2) is 0 Å². The third-order valence-corrected chi connectivity index (χ3v) is 3.18. The Hall–Kier alpha value is -1.35. The Morgan fingerprint density at radius 2 is 2.12 bits per heavy atom. The van der Waals surface area contributed by atoms with Crippen molar-refractivity contribution in [3.63, 3.8) is 0 Å². The highest BCUT2D eigenvalue weighted by atomic mass is 79.9. The van der Waals surface area contributed by atoms with Crippen LogP contribution in [0.2, 0.25) is 0 Å². The SMILES string of the molecule is O=C1OC(=CBr)CC1CC=Cc1ccccc1. The molecule has 1 atom stereocenters. The van der Waals surface area contributed by atoms with E-state index in [2.05, 4.69) is 15.9 Å². The van der Waals surface area contributed by atoms with Crippen LogP contribution in [0.15, 0.2) is 47.2 Å². The van der Waals surface area contributed by atoms with Gasteiger partial charge in [-0.25, -0.2) is 0 Å². The Morgan fingerprint density at radius 1 is 1.35 bits per heavy atom. The number of esters is 1. The summed E-state index contributed by atoms with van der Waals surface area (Å²) in [7, 11) is 0. The summed E-state index contributed by atoms with van der Waals surface area (Å²) in [5.74, 6) is 0.542. The molecule has 88 valence electrons. The van der Waals surface area contributed by atoms with E-state index < -0.39 is 0 Å². The average molecular weight is 293 g/mol. The zero-order chi connectivity index (χ0) is 12.1. The van der Waals surface area contributed by atoms with Crippen LogP contribution in [0, 0.1) is 5.92 Å². The maximum Gasteiger partial charge on any atom is 0.314 e. The molecule has 0 aliphatic carbocycles. The van der Waals surface area contributed by atoms with Crippen LogP contribution in [-0.2, 0) is 9.53 Å². The number of ether oxygens (including phenoxy) is 1. The van der Waals surface area contributed by atoms with Gasteiger partial charge in [0.2, 0.25) is 0 Å². The predicted octanol–water partition coefficient (Wildman–Crippen LogP) is 3.89. The molecule has 0 saturated carbocycles. The van der Waals surface area contributed by atoms with Crippen molar-refractivity contribution >= 4 is 28.0 Å². The molecule has 1 saturated heterocycles. The van der Waals surface area contributed by atoms with Gasteiger partial charge in [-0.05, 0) is 12.0 Å². The van der Waals surface area contributed by atoms with E-state index in [1.165, 1.54) is 0 Å². The lowest BCUT2D eigenvalue weighted by Gasteiger charge is -1.98. The van der Waals surface area contributed by atoms with Gasteiger partial charge >= 0.3 is 5.97 Å². The molecule has 1 aliphatic heterocycles. The first-order valence-electron chi connectivity index (χ1n) is 5.52. The zero-order valence-corrected chi connectivity index (χ0v) is 10.9. The summed E-state index contributed by atoms with van der Waals surface area (Å²) in [6.45, 7) is 0. The summed E-state index contributed by atoms with van der Waals surface area (Å²) >= 11 is 3.18. The van der Waals surface area contributed by atoms with Crippen LogP contribution in [0.3, 0.4) is 0 Å². The zero-order valence-electron chi connectivity index (χ0n) is 9.30. The van der Waals surface area contributed by atoms with Gasteiger partial charge in [-0.15, -0.1) is 0 Å². The molecular weight excluding hydrogens is 280 g/mol. The number of cyclic esters (lactones) is 1. The molecule has 0 spiro atoms. The second-order valence-electron chi connectivity index (χ2n) is 3.95. The van der Waals surface area contributed by atoms with Crippen molar-refractivity contribution in [2.24, 2.45) is 5.92 Å². The van der Waals surface area contributed by atoms with Crippen molar-refractivity contribution < 1.29 is 9.53 Å². The first-order chi connectivity index (χ1) is 8.29. The molecule has 0 radical (unpaired) electrons. The molecule has 1 fully saturated rings. The number of hydrogen-bond acceptors (Lipinski definition) is 2. The monoisotopic (exact) mass is 292 g/mol.